The van der Waals surface area contributed by atoms with E-state index in [0.29, 0.717) is 16.5 Å². The normalized spacial score (nSPS) is 10.8. The Labute approximate surface area is 178 Å². The molecule has 0 fully saturated rings. The van der Waals surface area contributed by atoms with Crippen molar-refractivity contribution in [1.82, 2.24) is 4.98 Å². The minimum atomic E-state index is 0.579. The van der Waals surface area contributed by atoms with E-state index in [-0.39, 0.29) is 0 Å². The monoisotopic (exact) mass is 406 g/mol. The van der Waals surface area contributed by atoms with Crippen molar-refractivity contribution < 1.29 is 4.42 Å². The summed E-state index contributed by atoms with van der Waals surface area (Å²) in [6.07, 6.45) is 0. The Kier molecular flexibility index (Phi) is 4.55. The summed E-state index contributed by atoms with van der Waals surface area (Å²) in [5.74, 6) is 0.579. The molecule has 0 radical (unpaired) electrons. The third kappa shape index (κ3) is 3.45. The summed E-state index contributed by atoms with van der Waals surface area (Å²) < 4.78 is 5.99. The van der Waals surface area contributed by atoms with Crippen molar-refractivity contribution in [2.45, 2.75) is 0 Å². The second-order valence-electron chi connectivity index (χ2n) is 6.97. The zero-order valence-electron chi connectivity index (χ0n) is 15.8. The van der Waals surface area contributed by atoms with Crippen LogP contribution in [0.25, 0.3) is 44.8 Å². The van der Waals surface area contributed by atoms with Crippen LogP contribution >= 0.6 is 11.6 Å². The fourth-order valence-corrected chi connectivity index (χ4v) is 3.54. The molecule has 5 rings (SSSR count). The molecule has 0 saturated carbocycles. The first-order valence-electron chi connectivity index (χ1n) is 9.47. The van der Waals surface area contributed by atoms with Gasteiger partial charge in [-0.2, -0.15) is 5.26 Å². The average Bonchev–Trinajstić information content (AvgIpc) is 3.23. The van der Waals surface area contributed by atoms with E-state index in [2.05, 4.69) is 35.3 Å². The highest BCUT2D eigenvalue weighted by atomic mass is 35.5. The van der Waals surface area contributed by atoms with Crippen molar-refractivity contribution in [2.75, 3.05) is 0 Å². The maximum Gasteiger partial charge on any atom is 0.227 e. The van der Waals surface area contributed by atoms with E-state index in [9.17, 15) is 0 Å². The largest absolute Gasteiger partial charge is 0.436 e. The molecule has 3 nitrogen and oxygen atoms in total. The Bertz CT molecular complexity index is 1380. The van der Waals surface area contributed by atoms with E-state index in [1.807, 2.05) is 66.7 Å². The molecule has 4 aromatic carbocycles. The molecule has 5 aromatic rings. The lowest BCUT2D eigenvalue weighted by Gasteiger charge is -2.05. The molecule has 0 atom stereocenters. The average molecular weight is 407 g/mol. The van der Waals surface area contributed by atoms with Crippen molar-refractivity contribution in [3.8, 4) is 39.8 Å². The highest BCUT2D eigenvalue weighted by Crippen LogP contribution is 2.30. The molecular weight excluding hydrogens is 392 g/mol. The molecule has 0 aliphatic heterocycles. The first kappa shape index (κ1) is 18.2. The zero-order chi connectivity index (χ0) is 20.5. The summed E-state index contributed by atoms with van der Waals surface area (Å²) in [5.41, 5.74) is 7.46. The fourth-order valence-electron chi connectivity index (χ4n) is 3.41. The van der Waals surface area contributed by atoms with Gasteiger partial charge in [-0.3, -0.25) is 0 Å². The number of hydrogen-bond acceptors (Lipinski definition) is 3. The predicted octanol–water partition coefficient (Wildman–Crippen LogP) is 7.35. The molecule has 1 heterocycles. The van der Waals surface area contributed by atoms with E-state index in [4.69, 9.17) is 21.3 Å². The van der Waals surface area contributed by atoms with Gasteiger partial charge in [0.1, 0.15) is 5.52 Å². The SMILES string of the molecule is N#Cc1ccc(-c2ccc(-c3ccc4nc(-c5ccc(Cl)cc5)oc4c3)cc2)cc1. The number of rotatable bonds is 3. The number of nitrogens with zero attached hydrogens (tertiary/aromatic N) is 2. The van der Waals surface area contributed by atoms with Gasteiger partial charge in [0.05, 0.1) is 11.6 Å². The van der Waals surface area contributed by atoms with Crippen LogP contribution in [0.2, 0.25) is 5.02 Å². The highest BCUT2D eigenvalue weighted by Gasteiger charge is 2.10. The van der Waals surface area contributed by atoms with Gasteiger partial charge in [0, 0.05) is 10.6 Å². The number of aromatic nitrogens is 1. The standard InChI is InChI=1S/C26H15ClN2O/c27-23-12-9-21(10-13-23)26-29-24-14-11-22(15-25(24)30-26)20-7-5-19(6-8-20)18-3-1-17(16-28)2-4-18/h1-15H. The Morgan fingerprint density at radius 1 is 0.667 bits per heavy atom. The molecule has 0 bridgehead atoms. The summed E-state index contributed by atoms with van der Waals surface area (Å²) in [6.45, 7) is 0. The summed E-state index contributed by atoms with van der Waals surface area (Å²) >= 11 is 5.97. The van der Waals surface area contributed by atoms with E-state index < -0.39 is 0 Å². The summed E-state index contributed by atoms with van der Waals surface area (Å²) in [4.78, 5) is 4.58. The molecule has 4 heteroatoms. The van der Waals surface area contributed by atoms with Gasteiger partial charge in [-0.1, -0.05) is 54.1 Å². The van der Waals surface area contributed by atoms with Crippen LogP contribution in [0.5, 0.6) is 0 Å². The summed E-state index contributed by atoms with van der Waals surface area (Å²) in [5, 5.41) is 9.63. The van der Waals surface area contributed by atoms with Crippen molar-refractivity contribution >= 4 is 22.7 Å². The molecule has 0 saturated heterocycles. The van der Waals surface area contributed by atoms with Gasteiger partial charge in [0.15, 0.2) is 5.58 Å². The van der Waals surface area contributed by atoms with Crippen molar-refractivity contribution in [3.05, 3.63) is 102 Å². The molecule has 142 valence electrons. The minimum absolute atomic E-state index is 0.579. The van der Waals surface area contributed by atoms with Gasteiger partial charge in [0.25, 0.3) is 0 Å². The van der Waals surface area contributed by atoms with Crippen LogP contribution in [0.15, 0.2) is 95.4 Å². The van der Waals surface area contributed by atoms with E-state index >= 15 is 0 Å². The number of oxazole rings is 1. The Morgan fingerprint density at radius 2 is 1.20 bits per heavy atom. The van der Waals surface area contributed by atoms with Gasteiger partial charge >= 0.3 is 0 Å². The van der Waals surface area contributed by atoms with Gasteiger partial charge in [-0.15, -0.1) is 0 Å². The molecule has 1 aromatic heterocycles. The van der Waals surface area contributed by atoms with E-state index in [0.717, 1.165) is 38.9 Å². The maximum absolute atomic E-state index is 8.95. The number of benzene rings is 4. The lowest BCUT2D eigenvalue weighted by Crippen LogP contribution is -1.81. The van der Waals surface area contributed by atoms with E-state index in [1.54, 1.807) is 0 Å². The Hall–Kier alpha value is -3.87. The van der Waals surface area contributed by atoms with Crippen LogP contribution < -0.4 is 0 Å². The smallest absolute Gasteiger partial charge is 0.227 e. The lowest BCUT2D eigenvalue weighted by molar-refractivity contribution is 0.620. The zero-order valence-corrected chi connectivity index (χ0v) is 16.6. The molecule has 0 unspecified atom stereocenters. The molecule has 0 spiro atoms. The van der Waals surface area contributed by atoms with Crippen LogP contribution in [0, 0.1) is 11.3 Å². The first-order chi connectivity index (χ1) is 14.7. The van der Waals surface area contributed by atoms with Crippen LogP contribution in [0.4, 0.5) is 0 Å². The Morgan fingerprint density at radius 3 is 1.83 bits per heavy atom. The molecule has 0 aliphatic carbocycles. The number of halogens is 1. The number of hydrogen-bond donors (Lipinski definition) is 0. The van der Waals surface area contributed by atoms with Gasteiger partial charge in [-0.25, -0.2) is 4.98 Å². The maximum atomic E-state index is 8.95. The summed E-state index contributed by atoms with van der Waals surface area (Å²) in [7, 11) is 0. The third-order valence-electron chi connectivity index (χ3n) is 5.05. The minimum Gasteiger partial charge on any atom is -0.436 e. The van der Waals surface area contributed by atoms with Gasteiger partial charge in [0.2, 0.25) is 5.89 Å². The van der Waals surface area contributed by atoms with Gasteiger partial charge < -0.3 is 4.42 Å². The number of nitriles is 1. The predicted molar refractivity (Wildman–Crippen MR) is 120 cm³/mol. The van der Waals surface area contributed by atoms with Crippen molar-refractivity contribution in [1.29, 1.82) is 5.26 Å². The van der Waals surface area contributed by atoms with Crippen molar-refractivity contribution in [2.24, 2.45) is 0 Å². The number of fused-ring (bicyclic) bond motifs is 1. The molecule has 0 aliphatic rings. The van der Waals surface area contributed by atoms with Gasteiger partial charge in [-0.05, 0) is 70.8 Å². The topological polar surface area (TPSA) is 49.8 Å². The second kappa shape index (κ2) is 7.51. The molecule has 30 heavy (non-hydrogen) atoms. The van der Waals surface area contributed by atoms with Crippen LogP contribution in [0.3, 0.4) is 0 Å². The molecule has 0 N–H and O–H groups in total. The van der Waals surface area contributed by atoms with Crippen molar-refractivity contribution in [3.63, 3.8) is 0 Å². The van der Waals surface area contributed by atoms with E-state index in [1.165, 1.54) is 0 Å². The Balaban J connectivity index is 1.45. The lowest BCUT2D eigenvalue weighted by atomic mass is 9.99. The molecule has 0 amide bonds. The highest BCUT2D eigenvalue weighted by molar-refractivity contribution is 6.30. The van der Waals surface area contributed by atoms with Crippen LogP contribution in [0.1, 0.15) is 5.56 Å². The van der Waals surface area contributed by atoms with Crippen LogP contribution in [-0.2, 0) is 0 Å². The molecular formula is C26H15ClN2O. The first-order valence-corrected chi connectivity index (χ1v) is 9.85. The fraction of sp³-hybridized carbons (Fsp3) is 0. The second-order valence-corrected chi connectivity index (χ2v) is 7.41. The quantitative estimate of drug-likeness (QED) is 0.314. The van der Waals surface area contributed by atoms with Crippen LogP contribution in [-0.4, -0.2) is 4.98 Å². The summed E-state index contributed by atoms with van der Waals surface area (Å²) in [6, 6.07) is 31.6. The third-order valence-corrected chi connectivity index (χ3v) is 5.30.